The van der Waals surface area contributed by atoms with Crippen molar-refractivity contribution in [2.45, 2.75) is 38.1 Å². The van der Waals surface area contributed by atoms with Crippen LogP contribution in [0.3, 0.4) is 0 Å². The first-order valence-electron chi connectivity index (χ1n) is 8.58. The van der Waals surface area contributed by atoms with E-state index in [9.17, 15) is 19.1 Å². The van der Waals surface area contributed by atoms with E-state index in [2.05, 4.69) is 15.0 Å². The van der Waals surface area contributed by atoms with E-state index in [-0.39, 0.29) is 22.3 Å². The van der Waals surface area contributed by atoms with E-state index in [4.69, 9.17) is 12.2 Å². The van der Waals surface area contributed by atoms with Gasteiger partial charge in [-0.2, -0.15) is 0 Å². The Morgan fingerprint density at radius 3 is 2.48 bits per heavy atom. The number of carbonyl (C=O) groups excluding carboxylic acids is 2. The second-order valence-electron chi connectivity index (χ2n) is 6.13. The van der Waals surface area contributed by atoms with Crippen molar-refractivity contribution >= 4 is 41.1 Å². The highest BCUT2D eigenvalue weighted by molar-refractivity contribution is 7.80. The fourth-order valence-corrected chi connectivity index (χ4v) is 2.99. The number of carbonyl (C=O) groups is 2. The summed E-state index contributed by atoms with van der Waals surface area (Å²) in [6, 6.07) is 5.03. The molecule has 1 fully saturated rings. The van der Waals surface area contributed by atoms with Crippen LogP contribution in [-0.2, 0) is 14.3 Å². The average molecular weight is 392 g/mol. The number of Topliss-reactive ketones (excluding diaryl/α,β-unsaturated/α-hetero) is 1. The molecule has 27 heavy (non-hydrogen) atoms. The van der Waals surface area contributed by atoms with E-state index < -0.39 is 23.3 Å². The maximum absolute atomic E-state index is 13.1. The van der Waals surface area contributed by atoms with Gasteiger partial charge in [0.15, 0.2) is 5.11 Å². The molecule has 1 aromatic rings. The van der Waals surface area contributed by atoms with Crippen molar-refractivity contribution in [1.29, 1.82) is 0 Å². The number of rotatable bonds is 5. The molecule has 1 saturated carbocycles. The Bertz CT molecular complexity index is 768. The van der Waals surface area contributed by atoms with Crippen molar-refractivity contribution < 1.29 is 23.8 Å². The number of nitrogens with one attached hydrogen (secondary N) is 1. The molecular formula is C19H21FN2O4S. The summed E-state index contributed by atoms with van der Waals surface area (Å²) in [6.45, 7) is 0. The Balaban J connectivity index is 2.25. The fraction of sp³-hybridized carbons (Fsp3) is 0.368. The van der Waals surface area contributed by atoms with Crippen LogP contribution in [0.25, 0.3) is 5.76 Å². The highest BCUT2D eigenvalue weighted by Gasteiger charge is 2.23. The zero-order valence-electron chi connectivity index (χ0n) is 14.9. The van der Waals surface area contributed by atoms with E-state index in [0.29, 0.717) is 0 Å². The second kappa shape index (κ2) is 9.91. The van der Waals surface area contributed by atoms with Gasteiger partial charge in [0.2, 0.25) is 0 Å². The summed E-state index contributed by atoms with van der Waals surface area (Å²) < 4.78 is 17.5. The van der Waals surface area contributed by atoms with Crippen LogP contribution in [0.4, 0.5) is 4.39 Å². The molecule has 0 saturated heterocycles. The minimum atomic E-state index is -1.16. The molecule has 0 bridgehead atoms. The van der Waals surface area contributed by atoms with Gasteiger partial charge in [-0.05, 0) is 49.3 Å². The summed E-state index contributed by atoms with van der Waals surface area (Å²) in [7, 11) is 1.05. The largest absolute Gasteiger partial charge is 0.506 e. The molecule has 0 atom stereocenters. The quantitative estimate of drug-likeness (QED) is 0.200. The lowest BCUT2D eigenvalue weighted by Gasteiger charge is -2.22. The molecular weight excluding hydrogens is 371 g/mol. The van der Waals surface area contributed by atoms with Crippen molar-refractivity contribution in [3.8, 4) is 0 Å². The third-order valence-corrected chi connectivity index (χ3v) is 4.46. The number of hydrogen-bond acceptors (Lipinski definition) is 5. The number of nitrogens with zero attached hydrogens (tertiary/aromatic N) is 1. The van der Waals surface area contributed by atoms with Crippen LogP contribution < -0.4 is 5.32 Å². The van der Waals surface area contributed by atoms with Crippen LogP contribution in [0.1, 0.15) is 37.7 Å². The number of esters is 1. The van der Waals surface area contributed by atoms with E-state index in [1.54, 1.807) is 0 Å². The molecule has 0 radical (unpaired) electrons. The summed E-state index contributed by atoms with van der Waals surface area (Å²) in [5, 5.41) is 13.6. The number of hydrogen-bond donors (Lipinski definition) is 2. The van der Waals surface area contributed by atoms with Gasteiger partial charge in [-0.1, -0.05) is 19.3 Å². The van der Waals surface area contributed by atoms with Gasteiger partial charge in [-0.25, -0.2) is 14.2 Å². The predicted octanol–water partition coefficient (Wildman–Crippen LogP) is 3.11. The lowest BCUT2D eigenvalue weighted by molar-refractivity contribution is -0.149. The molecule has 1 aromatic carbocycles. The number of aliphatic hydroxyl groups excluding tert-OH is 1. The van der Waals surface area contributed by atoms with Crippen molar-refractivity contribution in [2.24, 2.45) is 4.99 Å². The maximum Gasteiger partial charge on any atom is 0.379 e. The summed E-state index contributed by atoms with van der Waals surface area (Å²) in [4.78, 5) is 27.8. The summed E-state index contributed by atoms with van der Waals surface area (Å²) in [5.74, 6) is -3.26. The van der Waals surface area contributed by atoms with Crippen LogP contribution in [0, 0.1) is 5.82 Å². The molecule has 0 aliphatic heterocycles. The van der Waals surface area contributed by atoms with Gasteiger partial charge < -0.3 is 15.2 Å². The first-order valence-corrected chi connectivity index (χ1v) is 8.99. The van der Waals surface area contributed by atoms with Crippen molar-refractivity contribution in [3.05, 3.63) is 41.2 Å². The number of methoxy groups -OCH3 is 1. The van der Waals surface area contributed by atoms with E-state index in [0.717, 1.165) is 51.1 Å². The molecule has 2 rings (SSSR count). The summed E-state index contributed by atoms with van der Waals surface area (Å²) >= 11 is 5.16. The van der Waals surface area contributed by atoms with Gasteiger partial charge in [0, 0.05) is 17.8 Å². The molecule has 0 amide bonds. The zero-order chi connectivity index (χ0) is 19.8. The van der Waals surface area contributed by atoms with Gasteiger partial charge in [0.05, 0.1) is 12.7 Å². The van der Waals surface area contributed by atoms with Gasteiger partial charge in [-0.3, -0.25) is 4.79 Å². The van der Waals surface area contributed by atoms with Crippen LogP contribution in [-0.4, -0.2) is 41.3 Å². The number of thiocarbonyl (C=S) groups is 1. The van der Waals surface area contributed by atoms with E-state index in [1.165, 1.54) is 18.6 Å². The van der Waals surface area contributed by atoms with Crippen LogP contribution in [0.2, 0.25) is 0 Å². The molecule has 0 unspecified atom stereocenters. The highest BCUT2D eigenvalue weighted by atomic mass is 32.1. The summed E-state index contributed by atoms with van der Waals surface area (Å²) in [6.07, 6.45) is 6.42. The fourth-order valence-electron chi connectivity index (χ4n) is 2.78. The van der Waals surface area contributed by atoms with Crippen molar-refractivity contribution in [1.82, 2.24) is 5.32 Å². The maximum atomic E-state index is 13.1. The first kappa shape index (κ1) is 20.7. The Morgan fingerprint density at radius 1 is 1.26 bits per heavy atom. The molecule has 8 heteroatoms. The minimum Gasteiger partial charge on any atom is -0.506 e. The number of aliphatic imine (C=N–C) groups is 1. The van der Waals surface area contributed by atoms with Crippen LogP contribution in [0.15, 0.2) is 34.8 Å². The van der Waals surface area contributed by atoms with E-state index >= 15 is 0 Å². The van der Waals surface area contributed by atoms with Gasteiger partial charge in [0.1, 0.15) is 11.6 Å². The minimum absolute atomic E-state index is 0.154. The molecule has 0 heterocycles. The predicted molar refractivity (Wildman–Crippen MR) is 104 cm³/mol. The SMILES string of the molecule is COC(=O)C(=O)C(C=NC(=S)NC1CCCCC1)=C(O)c1ccc(F)cc1. The standard InChI is InChI=1S/C19H21FN2O4S/c1-26-18(25)17(24)15(16(23)12-7-9-13(20)10-8-12)11-21-19(27)22-14-5-3-2-4-6-14/h7-11,14,23H,2-6H2,1H3,(H,22,27). The average Bonchev–Trinajstić information content (AvgIpc) is 2.68. The molecule has 0 aromatic heterocycles. The zero-order valence-corrected chi connectivity index (χ0v) is 15.7. The molecule has 1 aliphatic rings. The molecule has 1 aliphatic carbocycles. The monoisotopic (exact) mass is 392 g/mol. The Morgan fingerprint density at radius 2 is 1.89 bits per heavy atom. The lowest BCUT2D eigenvalue weighted by Crippen LogP contribution is -2.34. The number of aliphatic hydroxyl groups is 1. The number of ether oxygens (including phenoxy) is 1. The molecule has 0 spiro atoms. The van der Waals surface area contributed by atoms with Gasteiger partial charge in [-0.15, -0.1) is 0 Å². The summed E-state index contributed by atoms with van der Waals surface area (Å²) in [5.41, 5.74) is -0.234. The third kappa shape index (κ3) is 5.96. The van der Waals surface area contributed by atoms with Gasteiger partial charge in [0.25, 0.3) is 5.78 Å². The Kier molecular flexibility index (Phi) is 7.60. The third-order valence-electron chi connectivity index (χ3n) is 4.23. The molecule has 2 N–H and O–H groups in total. The normalized spacial score (nSPS) is 15.9. The molecule has 144 valence electrons. The van der Waals surface area contributed by atoms with Gasteiger partial charge >= 0.3 is 5.97 Å². The highest BCUT2D eigenvalue weighted by Crippen LogP contribution is 2.18. The lowest BCUT2D eigenvalue weighted by atomic mass is 9.96. The van der Waals surface area contributed by atoms with Crippen LogP contribution in [0.5, 0.6) is 0 Å². The molecule has 6 nitrogen and oxygen atoms in total. The van der Waals surface area contributed by atoms with E-state index in [1.807, 2.05) is 0 Å². The number of benzene rings is 1. The number of halogens is 1. The Labute approximate surface area is 162 Å². The first-order chi connectivity index (χ1) is 12.9. The second-order valence-corrected chi connectivity index (χ2v) is 6.52. The topological polar surface area (TPSA) is 88.0 Å². The Hall–Kier alpha value is -2.61. The van der Waals surface area contributed by atoms with Crippen molar-refractivity contribution in [3.63, 3.8) is 0 Å². The van der Waals surface area contributed by atoms with Crippen LogP contribution >= 0.6 is 12.2 Å². The van der Waals surface area contributed by atoms with Crippen molar-refractivity contribution in [2.75, 3.05) is 7.11 Å². The smallest absolute Gasteiger partial charge is 0.379 e. The number of ketones is 1.